The number of ketones is 1. The Bertz CT molecular complexity index is 1100. The van der Waals surface area contributed by atoms with E-state index in [-0.39, 0.29) is 5.78 Å². The quantitative estimate of drug-likeness (QED) is 0.449. The van der Waals surface area contributed by atoms with Gasteiger partial charge in [0, 0.05) is 18.3 Å². The molecule has 0 saturated carbocycles. The summed E-state index contributed by atoms with van der Waals surface area (Å²) >= 11 is 6.17. The number of carboxylic acid groups (broad SMARTS) is 1. The number of aliphatic carboxylic acids is 1. The van der Waals surface area contributed by atoms with Crippen molar-refractivity contribution in [2.45, 2.75) is 32.9 Å². The maximum absolute atomic E-state index is 12.9. The van der Waals surface area contributed by atoms with Crippen molar-refractivity contribution < 1.29 is 19.4 Å². The molecule has 0 unspecified atom stereocenters. The van der Waals surface area contributed by atoms with Crippen LogP contribution in [0.15, 0.2) is 66.9 Å². The third-order valence-electron chi connectivity index (χ3n) is 4.85. The van der Waals surface area contributed by atoms with Gasteiger partial charge in [0.2, 0.25) is 5.78 Å². The Balaban J connectivity index is 1.73. The predicted octanol–water partition coefficient (Wildman–Crippen LogP) is 5.50. The zero-order valence-corrected chi connectivity index (χ0v) is 18.2. The van der Waals surface area contributed by atoms with Gasteiger partial charge in [0.1, 0.15) is 5.75 Å². The Morgan fingerprint density at radius 2 is 1.90 bits per heavy atom. The fraction of sp³-hybridized carbons (Fsp3) is 0.200. The SMILES string of the molecule is CCc1ccc(C(=O)c2cc(Cl)cn2C/C=C/c2cccc(O[C@@H](C)C(=O)O)c2)cc1. The lowest BCUT2D eigenvalue weighted by molar-refractivity contribution is -0.144. The summed E-state index contributed by atoms with van der Waals surface area (Å²) in [5.74, 6) is -0.625. The van der Waals surface area contributed by atoms with Crippen LogP contribution in [-0.2, 0) is 17.8 Å². The van der Waals surface area contributed by atoms with Gasteiger partial charge in [-0.15, -0.1) is 0 Å². The molecule has 0 aliphatic carbocycles. The minimum absolute atomic E-state index is 0.0824. The third kappa shape index (κ3) is 5.86. The average Bonchev–Trinajstić information content (AvgIpc) is 3.14. The molecule has 2 aromatic carbocycles. The minimum atomic E-state index is -1.02. The number of carboxylic acids is 1. The van der Waals surface area contributed by atoms with Crippen LogP contribution in [0.3, 0.4) is 0 Å². The van der Waals surface area contributed by atoms with Gasteiger partial charge in [-0.05, 0) is 42.7 Å². The van der Waals surface area contributed by atoms with Gasteiger partial charge in [-0.2, -0.15) is 0 Å². The number of allylic oxidation sites excluding steroid dienone is 1. The monoisotopic (exact) mass is 437 g/mol. The lowest BCUT2D eigenvalue weighted by atomic mass is 10.0. The second kappa shape index (κ2) is 10.1. The number of hydrogen-bond acceptors (Lipinski definition) is 3. The third-order valence-corrected chi connectivity index (χ3v) is 5.06. The fourth-order valence-electron chi connectivity index (χ4n) is 3.10. The number of nitrogens with zero attached hydrogens (tertiary/aromatic N) is 1. The number of aromatic nitrogens is 1. The molecule has 160 valence electrons. The fourth-order valence-corrected chi connectivity index (χ4v) is 3.33. The molecule has 1 N–H and O–H groups in total. The molecule has 0 aliphatic heterocycles. The summed E-state index contributed by atoms with van der Waals surface area (Å²) in [4.78, 5) is 23.9. The first-order chi connectivity index (χ1) is 14.9. The molecule has 0 radical (unpaired) electrons. The van der Waals surface area contributed by atoms with Crippen LogP contribution in [0.1, 0.15) is 41.0 Å². The first kappa shape index (κ1) is 22.4. The van der Waals surface area contributed by atoms with Gasteiger partial charge >= 0.3 is 5.97 Å². The van der Waals surface area contributed by atoms with Crippen LogP contribution in [0.25, 0.3) is 6.08 Å². The number of aryl methyl sites for hydroxylation is 1. The molecular weight excluding hydrogens is 414 g/mol. The Morgan fingerprint density at radius 1 is 1.16 bits per heavy atom. The zero-order valence-electron chi connectivity index (χ0n) is 17.4. The smallest absolute Gasteiger partial charge is 0.344 e. The van der Waals surface area contributed by atoms with Crippen molar-refractivity contribution in [2.75, 3.05) is 0 Å². The van der Waals surface area contributed by atoms with Crippen LogP contribution in [0.4, 0.5) is 0 Å². The molecule has 3 rings (SSSR count). The van der Waals surface area contributed by atoms with Crippen molar-refractivity contribution in [1.82, 2.24) is 4.57 Å². The zero-order chi connectivity index (χ0) is 22.4. The van der Waals surface area contributed by atoms with Gasteiger partial charge in [0.15, 0.2) is 6.10 Å². The molecule has 0 fully saturated rings. The molecular formula is C25H24ClNO4. The van der Waals surface area contributed by atoms with E-state index in [9.17, 15) is 9.59 Å². The number of hydrogen-bond donors (Lipinski definition) is 1. The lowest BCUT2D eigenvalue weighted by Gasteiger charge is -2.10. The lowest BCUT2D eigenvalue weighted by Crippen LogP contribution is -2.22. The molecule has 1 atom stereocenters. The molecule has 0 spiro atoms. The van der Waals surface area contributed by atoms with Crippen molar-refractivity contribution in [3.05, 3.63) is 94.3 Å². The normalized spacial score (nSPS) is 12.1. The highest BCUT2D eigenvalue weighted by molar-refractivity contribution is 6.31. The molecule has 0 amide bonds. The van der Waals surface area contributed by atoms with Crippen LogP contribution >= 0.6 is 11.6 Å². The Hall–Kier alpha value is -3.31. The van der Waals surface area contributed by atoms with Crippen LogP contribution < -0.4 is 4.74 Å². The molecule has 6 heteroatoms. The van der Waals surface area contributed by atoms with Gasteiger partial charge in [-0.3, -0.25) is 4.79 Å². The van der Waals surface area contributed by atoms with Gasteiger partial charge in [-0.1, -0.05) is 67.1 Å². The summed E-state index contributed by atoms with van der Waals surface area (Å²) < 4.78 is 7.21. The maximum atomic E-state index is 12.9. The highest BCUT2D eigenvalue weighted by Crippen LogP contribution is 2.20. The van der Waals surface area contributed by atoms with Gasteiger partial charge < -0.3 is 14.4 Å². The molecule has 3 aromatic rings. The summed E-state index contributed by atoms with van der Waals surface area (Å²) in [6.45, 7) is 4.01. The highest BCUT2D eigenvalue weighted by atomic mass is 35.5. The van der Waals surface area contributed by atoms with Crippen LogP contribution in [0.2, 0.25) is 5.02 Å². The number of carbonyl (C=O) groups is 2. The molecule has 1 heterocycles. The van der Waals surface area contributed by atoms with E-state index >= 15 is 0 Å². The van der Waals surface area contributed by atoms with E-state index in [0.717, 1.165) is 12.0 Å². The predicted molar refractivity (Wildman–Crippen MR) is 122 cm³/mol. The summed E-state index contributed by atoms with van der Waals surface area (Å²) in [6.07, 6.45) is 5.52. The van der Waals surface area contributed by atoms with Crippen molar-refractivity contribution >= 4 is 29.4 Å². The van der Waals surface area contributed by atoms with Crippen molar-refractivity contribution in [3.63, 3.8) is 0 Å². The first-order valence-corrected chi connectivity index (χ1v) is 10.4. The molecule has 0 bridgehead atoms. The largest absolute Gasteiger partial charge is 0.479 e. The maximum Gasteiger partial charge on any atom is 0.344 e. The van der Waals surface area contributed by atoms with Gasteiger partial charge in [0.05, 0.1) is 10.7 Å². The van der Waals surface area contributed by atoms with Crippen molar-refractivity contribution in [2.24, 2.45) is 0 Å². The van der Waals surface area contributed by atoms with E-state index in [1.165, 1.54) is 12.5 Å². The second-order valence-corrected chi connectivity index (χ2v) is 7.59. The standard InChI is InChI=1S/C25H24ClNO4/c1-3-18-9-11-20(12-10-18)24(28)23-15-21(26)16-27(23)13-5-7-19-6-4-8-22(14-19)31-17(2)25(29)30/h4-12,14-17H,3,13H2,1-2H3,(H,29,30)/b7-5+/t17-/m0/s1. The number of carbonyl (C=O) groups excluding carboxylic acids is 1. The van der Waals surface area contributed by atoms with E-state index in [1.807, 2.05) is 47.1 Å². The van der Waals surface area contributed by atoms with E-state index < -0.39 is 12.1 Å². The molecule has 31 heavy (non-hydrogen) atoms. The minimum Gasteiger partial charge on any atom is -0.479 e. The first-order valence-electron chi connectivity index (χ1n) is 10.0. The highest BCUT2D eigenvalue weighted by Gasteiger charge is 2.15. The van der Waals surface area contributed by atoms with E-state index in [0.29, 0.717) is 28.6 Å². The molecule has 1 aromatic heterocycles. The summed E-state index contributed by atoms with van der Waals surface area (Å²) in [6, 6.07) is 16.4. The summed E-state index contributed by atoms with van der Waals surface area (Å²) in [5, 5.41) is 9.48. The number of benzene rings is 2. The summed E-state index contributed by atoms with van der Waals surface area (Å²) in [5.41, 5.74) is 3.18. The Kier molecular flexibility index (Phi) is 7.32. The second-order valence-electron chi connectivity index (χ2n) is 7.15. The molecule has 0 aliphatic rings. The van der Waals surface area contributed by atoms with Gasteiger partial charge in [-0.25, -0.2) is 4.79 Å². The number of halogens is 1. The van der Waals surface area contributed by atoms with Crippen LogP contribution in [-0.4, -0.2) is 27.5 Å². The van der Waals surface area contributed by atoms with Crippen molar-refractivity contribution in [1.29, 1.82) is 0 Å². The van der Waals surface area contributed by atoms with Crippen LogP contribution in [0, 0.1) is 0 Å². The Morgan fingerprint density at radius 3 is 2.58 bits per heavy atom. The molecule has 0 saturated heterocycles. The van der Waals surface area contributed by atoms with E-state index in [4.69, 9.17) is 21.4 Å². The van der Waals surface area contributed by atoms with Crippen molar-refractivity contribution in [3.8, 4) is 5.75 Å². The molecule has 5 nitrogen and oxygen atoms in total. The average molecular weight is 438 g/mol. The van der Waals surface area contributed by atoms with Crippen LogP contribution in [0.5, 0.6) is 5.75 Å². The van der Waals surface area contributed by atoms with E-state index in [1.54, 1.807) is 30.5 Å². The van der Waals surface area contributed by atoms with E-state index in [2.05, 4.69) is 6.92 Å². The number of rotatable bonds is 9. The number of ether oxygens (including phenoxy) is 1. The summed E-state index contributed by atoms with van der Waals surface area (Å²) in [7, 11) is 0. The Labute approximate surface area is 186 Å². The topological polar surface area (TPSA) is 68.5 Å². The van der Waals surface area contributed by atoms with Gasteiger partial charge in [0.25, 0.3) is 0 Å².